The van der Waals surface area contributed by atoms with Crippen LogP contribution in [0.5, 0.6) is 0 Å². The Bertz CT molecular complexity index is 3350. The van der Waals surface area contributed by atoms with E-state index in [2.05, 4.69) is 237 Å². The van der Waals surface area contributed by atoms with Gasteiger partial charge in [-0.05, 0) is 107 Å². The molecule has 0 radical (unpaired) electrons. The van der Waals surface area contributed by atoms with E-state index < -0.39 is 10.8 Å². The Hall–Kier alpha value is -7.87. The predicted octanol–water partition coefficient (Wildman–Crippen LogP) is 14.8. The van der Waals surface area contributed by atoms with E-state index in [0.29, 0.717) is 0 Å². The highest BCUT2D eigenvalue weighted by atomic mass is 14.7. The lowest BCUT2D eigenvalue weighted by Gasteiger charge is -2.48. The molecule has 0 amide bonds. The molecule has 2 unspecified atom stereocenters. The molecule has 0 fully saturated rings. The average Bonchev–Trinajstić information content (AvgIpc) is 3.83. The first-order valence-electron chi connectivity index (χ1n) is 21.6. The molecule has 3 aliphatic carbocycles. The van der Waals surface area contributed by atoms with Crippen molar-refractivity contribution in [3.63, 3.8) is 0 Å². The van der Waals surface area contributed by atoms with Gasteiger partial charge >= 0.3 is 0 Å². The van der Waals surface area contributed by atoms with Crippen LogP contribution in [0.4, 0.5) is 0 Å². The molecule has 1 spiro atoms. The lowest BCUT2D eigenvalue weighted by molar-refractivity contribution is 0.637. The molecule has 0 N–H and O–H groups in total. The Kier molecular flexibility index (Phi) is 7.50. The summed E-state index contributed by atoms with van der Waals surface area (Å²) in [4.78, 5) is 5.36. The summed E-state index contributed by atoms with van der Waals surface area (Å²) >= 11 is 0. The Labute approximate surface area is 362 Å². The second kappa shape index (κ2) is 13.3. The average molecular weight is 786 g/mol. The highest BCUT2D eigenvalue weighted by molar-refractivity contribution is 5.98. The molecule has 1 heteroatoms. The van der Waals surface area contributed by atoms with Crippen molar-refractivity contribution >= 4 is 0 Å². The third kappa shape index (κ3) is 4.65. The lowest BCUT2D eigenvalue weighted by atomic mass is 9.52. The molecule has 2 atom stereocenters. The number of hydrogen-bond acceptors (Lipinski definition) is 1. The van der Waals surface area contributed by atoms with Gasteiger partial charge in [-0.2, -0.15) is 0 Å². The summed E-state index contributed by atoms with van der Waals surface area (Å²) in [6, 6.07) is 87.7. The molecule has 1 nitrogen and oxygen atoms in total. The van der Waals surface area contributed by atoms with Crippen LogP contribution < -0.4 is 0 Å². The third-order valence-corrected chi connectivity index (χ3v) is 13.9. The molecule has 62 heavy (non-hydrogen) atoms. The zero-order valence-corrected chi connectivity index (χ0v) is 34.0. The fourth-order valence-corrected chi connectivity index (χ4v) is 11.6. The van der Waals surface area contributed by atoms with Gasteiger partial charge in [0.2, 0.25) is 0 Å². The number of benzene rings is 9. The van der Waals surface area contributed by atoms with E-state index in [1.54, 1.807) is 0 Å². The van der Waals surface area contributed by atoms with Crippen LogP contribution in [0.25, 0.3) is 67.0 Å². The number of fused-ring (bicyclic) bond motifs is 12. The molecule has 1 heterocycles. The highest BCUT2D eigenvalue weighted by Gasteiger charge is 2.60. The van der Waals surface area contributed by atoms with Gasteiger partial charge in [0.25, 0.3) is 0 Å². The molecular formula is C61H39N. The van der Waals surface area contributed by atoms with Gasteiger partial charge in [-0.3, -0.25) is 0 Å². The van der Waals surface area contributed by atoms with E-state index in [0.717, 1.165) is 28.1 Å². The minimum absolute atomic E-state index is 0.482. The third-order valence-electron chi connectivity index (χ3n) is 13.9. The maximum Gasteiger partial charge on any atom is 0.0726 e. The summed E-state index contributed by atoms with van der Waals surface area (Å²) in [6.45, 7) is 0. The van der Waals surface area contributed by atoms with Crippen LogP contribution in [0.15, 0.2) is 237 Å². The Morgan fingerprint density at radius 1 is 0.242 bits per heavy atom. The van der Waals surface area contributed by atoms with E-state index >= 15 is 0 Å². The first-order chi connectivity index (χ1) is 30.8. The fourth-order valence-electron chi connectivity index (χ4n) is 11.6. The summed E-state index contributed by atoms with van der Waals surface area (Å²) in [5.74, 6) is 0. The topological polar surface area (TPSA) is 12.9 Å². The highest BCUT2D eigenvalue weighted by Crippen LogP contribution is 2.69. The molecule has 0 saturated carbocycles. The molecule has 0 bridgehead atoms. The van der Waals surface area contributed by atoms with Crippen LogP contribution in [0.1, 0.15) is 44.5 Å². The number of pyridine rings is 1. The second-order valence-corrected chi connectivity index (χ2v) is 16.9. The first-order valence-corrected chi connectivity index (χ1v) is 21.6. The van der Waals surface area contributed by atoms with Gasteiger partial charge in [0, 0.05) is 11.1 Å². The maximum atomic E-state index is 5.36. The van der Waals surface area contributed by atoms with Crippen molar-refractivity contribution in [1.29, 1.82) is 0 Å². The zero-order chi connectivity index (χ0) is 40.8. The van der Waals surface area contributed by atoms with Crippen molar-refractivity contribution in [1.82, 2.24) is 4.98 Å². The van der Waals surface area contributed by atoms with Crippen molar-refractivity contribution in [2.75, 3.05) is 0 Å². The van der Waals surface area contributed by atoms with E-state index in [1.165, 1.54) is 83.5 Å². The normalized spacial score (nSPS) is 17.2. The number of hydrogen-bond donors (Lipinski definition) is 0. The van der Waals surface area contributed by atoms with Crippen molar-refractivity contribution in [3.8, 4) is 67.0 Å². The van der Waals surface area contributed by atoms with Gasteiger partial charge in [-0.1, -0.05) is 218 Å². The van der Waals surface area contributed by atoms with E-state index in [1.807, 2.05) is 0 Å². The molecule has 0 saturated heterocycles. The first kappa shape index (κ1) is 34.9. The molecular weight excluding hydrogens is 747 g/mol. The smallest absolute Gasteiger partial charge is 0.0726 e. The van der Waals surface area contributed by atoms with Crippen molar-refractivity contribution < 1.29 is 0 Å². The predicted molar refractivity (Wildman–Crippen MR) is 254 cm³/mol. The molecule has 288 valence electrons. The summed E-state index contributed by atoms with van der Waals surface area (Å²) in [6.07, 6.45) is 0. The van der Waals surface area contributed by atoms with Crippen LogP contribution in [-0.4, -0.2) is 4.98 Å². The Morgan fingerprint density at radius 2 is 0.677 bits per heavy atom. The van der Waals surface area contributed by atoms with Gasteiger partial charge < -0.3 is 0 Å². The molecule has 13 rings (SSSR count). The Morgan fingerprint density at radius 3 is 1.37 bits per heavy atom. The number of nitrogens with zero attached hydrogens (tertiary/aromatic N) is 1. The molecule has 9 aromatic carbocycles. The maximum absolute atomic E-state index is 5.36. The molecule has 3 aliphatic rings. The van der Waals surface area contributed by atoms with Gasteiger partial charge in [0.1, 0.15) is 0 Å². The number of aromatic nitrogens is 1. The SMILES string of the molecule is c1ccc(-c2cc(-c3ccccc3)nc(-c3cccc(-c4cccc5c4C4(c6ccccc6-5)c5ccccc5C5(c6ccccc6)c6ccccc6-c6cccc4c65)c3)c2)cc1. The van der Waals surface area contributed by atoms with Crippen molar-refractivity contribution in [2.24, 2.45) is 0 Å². The van der Waals surface area contributed by atoms with E-state index in [4.69, 9.17) is 4.98 Å². The van der Waals surface area contributed by atoms with Crippen molar-refractivity contribution in [3.05, 3.63) is 281 Å². The van der Waals surface area contributed by atoms with Crippen LogP contribution in [0, 0.1) is 0 Å². The second-order valence-electron chi connectivity index (χ2n) is 16.9. The van der Waals surface area contributed by atoms with Crippen LogP contribution in [-0.2, 0) is 10.8 Å². The summed E-state index contributed by atoms with van der Waals surface area (Å²) in [5, 5.41) is 0. The quantitative estimate of drug-likeness (QED) is 0.169. The zero-order valence-electron chi connectivity index (χ0n) is 34.0. The van der Waals surface area contributed by atoms with Crippen molar-refractivity contribution in [2.45, 2.75) is 10.8 Å². The van der Waals surface area contributed by atoms with Crippen LogP contribution >= 0.6 is 0 Å². The van der Waals surface area contributed by atoms with Gasteiger partial charge in [0.15, 0.2) is 0 Å². The van der Waals surface area contributed by atoms with Crippen LogP contribution in [0.3, 0.4) is 0 Å². The van der Waals surface area contributed by atoms with Gasteiger partial charge in [0.05, 0.1) is 22.2 Å². The molecule has 0 aliphatic heterocycles. The standard InChI is InChI=1S/C61H39N/c1-4-19-40(20-5-1)44-38-56(41-21-6-2-7-22-41)62-57(39-44)43-24-16-23-42(37-43)46-29-17-30-49-47-27-11-13-33-52(47)61(58(46)49)54-35-15-14-34-53(54)60(45-25-8-3-9-26-45)51-32-12-10-28-48(51)50-31-18-36-55(61)59(50)60/h1-39H. The lowest BCUT2D eigenvalue weighted by Crippen LogP contribution is -2.43. The summed E-state index contributed by atoms with van der Waals surface area (Å²) in [7, 11) is 0. The molecule has 1 aromatic heterocycles. The largest absolute Gasteiger partial charge is 0.248 e. The number of rotatable bonds is 5. The minimum atomic E-state index is -0.591. The van der Waals surface area contributed by atoms with E-state index in [-0.39, 0.29) is 0 Å². The minimum Gasteiger partial charge on any atom is -0.248 e. The Balaban J connectivity index is 1.10. The van der Waals surface area contributed by atoms with E-state index in [9.17, 15) is 0 Å². The van der Waals surface area contributed by atoms with Crippen LogP contribution in [0.2, 0.25) is 0 Å². The van der Waals surface area contributed by atoms with Gasteiger partial charge in [-0.25, -0.2) is 4.98 Å². The van der Waals surface area contributed by atoms with Gasteiger partial charge in [-0.15, -0.1) is 0 Å². The summed E-state index contributed by atoms with van der Waals surface area (Å²) < 4.78 is 0. The fraction of sp³-hybridized carbons (Fsp3) is 0.0328. The molecule has 10 aromatic rings. The summed E-state index contributed by atoms with van der Waals surface area (Å²) in [5.41, 5.74) is 23.7. The monoisotopic (exact) mass is 785 g/mol.